The van der Waals surface area contributed by atoms with Crippen LogP contribution in [-0.4, -0.2) is 33.5 Å². The van der Waals surface area contributed by atoms with Gasteiger partial charge in [0.1, 0.15) is 17.3 Å². The first-order chi connectivity index (χ1) is 13.0. The van der Waals surface area contributed by atoms with E-state index in [4.69, 9.17) is 0 Å². The van der Waals surface area contributed by atoms with Gasteiger partial charge < -0.3 is 15.3 Å². The van der Waals surface area contributed by atoms with Gasteiger partial charge >= 0.3 is 0 Å². The van der Waals surface area contributed by atoms with Crippen LogP contribution in [0.25, 0.3) is 0 Å². The lowest BCUT2D eigenvalue weighted by Gasteiger charge is -2.45. The first-order valence-corrected chi connectivity index (χ1v) is 9.89. The molecule has 0 unspecified atom stereocenters. The highest BCUT2D eigenvalue weighted by Gasteiger charge is 2.44. The first kappa shape index (κ1) is 22.2. The van der Waals surface area contributed by atoms with Gasteiger partial charge in [-0.05, 0) is 61.6 Å². The Labute approximate surface area is 167 Å². The third-order valence-corrected chi connectivity index (χ3v) is 6.95. The van der Waals surface area contributed by atoms with Crippen molar-refractivity contribution < 1.29 is 24.9 Å². The number of rotatable bonds is 6. The number of aliphatic hydroxyl groups excluding tert-OH is 1. The van der Waals surface area contributed by atoms with Crippen molar-refractivity contribution in [3.8, 4) is 11.5 Å². The summed E-state index contributed by atoms with van der Waals surface area (Å²) in [4.78, 5) is 23.4. The third-order valence-electron chi connectivity index (χ3n) is 6.95. The minimum absolute atomic E-state index is 0.0776. The minimum Gasteiger partial charge on any atom is -0.508 e. The number of hydrogen-bond donors (Lipinski definition) is 3. The number of aliphatic hydroxyl groups is 1. The van der Waals surface area contributed by atoms with Crippen molar-refractivity contribution >= 4 is 12.1 Å². The van der Waals surface area contributed by atoms with Gasteiger partial charge in [-0.2, -0.15) is 0 Å². The summed E-state index contributed by atoms with van der Waals surface area (Å²) in [5.41, 5.74) is 1.37. The van der Waals surface area contributed by atoms with E-state index in [-0.39, 0.29) is 46.2 Å². The normalized spacial score (nSPS) is 26.9. The van der Waals surface area contributed by atoms with Gasteiger partial charge in [0, 0.05) is 17.9 Å². The van der Waals surface area contributed by atoms with E-state index in [2.05, 4.69) is 13.8 Å². The molecule has 154 valence electrons. The summed E-state index contributed by atoms with van der Waals surface area (Å²) in [6.45, 7) is 9.61. The fraction of sp³-hybridized carbons (Fsp3) is 0.565. The number of aryl methyl sites for hydroxylation is 1. The van der Waals surface area contributed by atoms with Gasteiger partial charge in [0.15, 0.2) is 6.29 Å². The molecule has 0 amide bonds. The molecular weight excluding hydrogens is 356 g/mol. The zero-order valence-corrected chi connectivity index (χ0v) is 17.5. The molecule has 0 bridgehead atoms. The summed E-state index contributed by atoms with van der Waals surface area (Å²) < 4.78 is 0. The number of carbonyl (C=O) groups excluding carboxylic acids is 2. The molecule has 0 radical (unpaired) electrons. The molecule has 0 spiro atoms. The molecule has 0 aliphatic heterocycles. The molecule has 1 aromatic rings. The van der Waals surface area contributed by atoms with Gasteiger partial charge in [0.05, 0.1) is 11.7 Å². The number of phenols is 2. The number of hydrogen-bond acceptors (Lipinski definition) is 5. The summed E-state index contributed by atoms with van der Waals surface area (Å²) >= 11 is 0. The zero-order chi connectivity index (χ0) is 21.2. The van der Waals surface area contributed by atoms with E-state index in [1.54, 1.807) is 19.9 Å². The summed E-state index contributed by atoms with van der Waals surface area (Å²) in [6, 6.07) is 1.45. The van der Waals surface area contributed by atoms with Crippen LogP contribution in [0.15, 0.2) is 17.7 Å². The second-order valence-corrected chi connectivity index (χ2v) is 8.58. The quantitative estimate of drug-likeness (QED) is 0.504. The van der Waals surface area contributed by atoms with Crippen LogP contribution >= 0.6 is 0 Å². The Hall–Kier alpha value is -2.14. The van der Waals surface area contributed by atoms with Crippen LogP contribution in [0.2, 0.25) is 0 Å². The Morgan fingerprint density at radius 1 is 1.36 bits per heavy atom. The van der Waals surface area contributed by atoms with Crippen LogP contribution in [0.5, 0.6) is 11.5 Å². The van der Waals surface area contributed by atoms with Gasteiger partial charge in [-0.3, -0.25) is 9.59 Å². The summed E-state index contributed by atoms with van der Waals surface area (Å²) in [5, 5.41) is 31.2. The lowest BCUT2D eigenvalue weighted by atomic mass is 9.59. The highest BCUT2D eigenvalue weighted by atomic mass is 16.3. The summed E-state index contributed by atoms with van der Waals surface area (Å²) in [7, 11) is 0. The first-order valence-electron chi connectivity index (χ1n) is 9.89. The average Bonchev–Trinajstić information content (AvgIpc) is 2.63. The number of benzene rings is 1. The molecule has 5 heteroatoms. The van der Waals surface area contributed by atoms with E-state index in [1.165, 1.54) is 6.07 Å². The fourth-order valence-electron chi connectivity index (χ4n) is 4.24. The molecule has 0 aromatic heterocycles. The molecule has 1 fully saturated rings. The lowest BCUT2D eigenvalue weighted by Crippen LogP contribution is -2.43. The molecule has 5 nitrogen and oxygen atoms in total. The van der Waals surface area contributed by atoms with E-state index < -0.39 is 6.10 Å². The Kier molecular flexibility index (Phi) is 6.71. The molecule has 1 aliphatic carbocycles. The molecule has 1 aromatic carbocycles. The van der Waals surface area contributed by atoms with Gasteiger partial charge in [0.2, 0.25) is 0 Å². The lowest BCUT2D eigenvalue weighted by molar-refractivity contribution is -0.133. The molecule has 3 N–H and O–H groups in total. The van der Waals surface area contributed by atoms with Crippen LogP contribution in [0.1, 0.15) is 68.4 Å². The molecule has 0 heterocycles. The number of aromatic hydroxyl groups is 2. The van der Waals surface area contributed by atoms with E-state index in [9.17, 15) is 24.9 Å². The maximum absolute atomic E-state index is 12.2. The number of aldehydes is 1. The third kappa shape index (κ3) is 4.14. The van der Waals surface area contributed by atoms with Crippen LogP contribution in [0.4, 0.5) is 0 Å². The Balaban J connectivity index is 2.20. The van der Waals surface area contributed by atoms with Crippen LogP contribution in [0.3, 0.4) is 0 Å². The largest absolute Gasteiger partial charge is 0.508 e. The Bertz CT molecular complexity index is 795. The topological polar surface area (TPSA) is 94.8 Å². The maximum atomic E-state index is 12.2. The fourth-order valence-corrected chi connectivity index (χ4v) is 4.24. The van der Waals surface area contributed by atoms with E-state index >= 15 is 0 Å². The van der Waals surface area contributed by atoms with Crippen LogP contribution < -0.4 is 0 Å². The second-order valence-electron chi connectivity index (χ2n) is 8.58. The van der Waals surface area contributed by atoms with Crippen molar-refractivity contribution in [2.45, 2.75) is 66.4 Å². The molecular formula is C23H32O5. The van der Waals surface area contributed by atoms with Crippen LogP contribution in [-0.2, 0) is 11.2 Å². The Morgan fingerprint density at radius 2 is 2.00 bits per heavy atom. The molecule has 1 saturated carbocycles. The smallest absolute Gasteiger partial charge is 0.154 e. The molecule has 28 heavy (non-hydrogen) atoms. The number of carbonyl (C=O) groups is 2. The van der Waals surface area contributed by atoms with Gasteiger partial charge in [0.25, 0.3) is 0 Å². The SMILES string of the molecule is CC(=CCc1c(O)cc(C)c(C=O)c1O)[C@H](O)C[C@]1(C)[C@H](C)CCC(=O)[C@H]1C. The Morgan fingerprint density at radius 3 is 2.61 bits per heavy atom. The molecule has 1 aliphatic rings. The van der Waals surface area contributed by atoms with Gasteiger partial charge in [-0.15, -0.1) is 0 Å². The minimum atomic E-state index is -0.721. The highest BCUT2D eigenvalue weighted by Crippen LogP contribution is 2.47. The van der Waals surface area contributed by atoms with E-state index in [0.29, 0.717) is 36.2 Å². The summed E-state index contributed by atoms with van der Waals surface area (Å²) in [6.07, 6.45) is 3.73. The number of Topliss-reactive ketones (excluding diaryl/α,β-unsaturated/α-hetero) is 1. The number of phenolic OH excluding ortho intramolecular Hbond substituents is 2. The standard InChI is InChI=1S/C23H32O5/c1-13(6-8-17-20(26)10-14(2)18(12-24)22(17)28)21(27)11-23(5)15(3)7-9-19(25)16(23)4/h6,10,12,15-16,21,26-28H,7-9,11H2,1-5H3/t15-,16-,21-,23-/m1/s1. The molecule has 0 saturated heterocycles. The monoisotopic (exact) mass is 388 g/mol. The molecule has 4 atom stereocenters. The highest BCUT2D eigenvalue weighted by molar-refractivity contribution is 5.83. The predicted octanol–water partition coefficient (Wildman–Crippen LogP) is 4.10. The average molecular weight is 389 g/mol. The van der Waals surface area contributed by atoms with Gasteiger partial charge in [-0.1, -0.05) is 26.8 Å². The maximum Gasteiger partial charge on any atom is 0.154 e. The van der Waals surface area contributed by atoms with Crippen molar-refractivity contribution in [3.05, 3.63) is 34.4 Å². The van der Waals surface area contributed by atoms with E-state index in [0.717, 1.165) is 6.42 Å². The van der Waals surface area contributed by atoms with Crippen molar-refractivity contribution in [2.24, 2.45) is 17.3 Å². The molecule has 2 rings (SSSR count). The van der Waals surface area contributed by atoms with Crippen molar-refractivity contribution in [3.63, 3.8) is 0 Å². The zero-order valence-electron chi connectivity index (χ0n) is 17.5. The van der Waals surface area contributed by atoms with E-state index in [1.807, 2.05) is 6.92 Å². The van der Waals surface area contributed by atoms with Crippen molar-refractivity contribution in [1.82, 2.24) is 0 Å². The van der Waals surface area contributed by atoms with Crippen molar-refractivity contribution in [1.29, 1.82) is 0 Å². The predicted molar refractivity (Wildman–Crippen MR) is 109 cm³/mol. The summed E-state index contributed by atoms with van der Waals surface area (Å²) in [5.74, 6) is 0.191. The number of allylic oxidation sites excluding steroid dienone is 1. The number of ketones is 1. The van der Waals surface area contributed by atoms with Gasteiger partial charge in [-0.25, -0.2) is 0 Å². The van der Waals surface area contributed by atoms with Crippen LogP contribution in [0, 0.1) is 24.2 Å². The van der Waals surface area contributed by atoms with Crippen molar-refractivity contribution in [2.75, 3.05) is 0 Å². The second kappa shape index (κ2) is 8.48.